The minimum absolute atomic E-state index is 0.231. The highest BCUT2D eigenvalue weighted by molar-refractivity contribution is 7.98. The predicted octanol–water partition coefficient (Wildman–Crippen LogP) is 4.63. The molecule has 3 heterocycles. The fourth-order valence-electron chi connectivity index (χ4n) is 3.28. The number of nitrogens with zero attached hydrogens (tertiary/aromatic N) is 3. The second-order valence-corrected chi connectivity index (χ2v) is 7.60. The Bertz CT molecular complexity index is 881. The summed E-state index contributed by atoms with van der Waals surface area (Å²) in [6.07, 6.45) is 4.15. The maximum absolute atomic E-state index is 5.86. The lowest BCUT2D eigenvalue weighted by Gasteiger charge is -2.14. The van der Waals surface area contributed by atoms with Crippen molar-refractivity contribution >= 4 is 11.8 Å². The Morgan fingerprint density at radius 1 is 1.19 bits per heavy atom. The van der Waals surface area contributed by atoms with Crippen LogP contribution < -0.4 is 0 Å². The van der Waals surface area contributed by atoms with Gasteiger partial charge in [-0.05, 0) is 43.9 Å². The molecule has 0 aliphatic carbocycles. The van der Waals surface area contributed by atoms with Gasteiger partial charge in [0.15, 0.2) is 11.0 Å². The third-order valence-corrected chi connectivity index (χ3v) is 5.86. The Morgan fingerprint density at radius 3 is 2.81 bits per heavy atom. The third kappa shape index (κ3) is 3.57. The molecular formula is C20H23N3O2S. The number of benzene rings is 1. The van der Waals surface area contributed by atoms with Crippen molar-refractivity contribution in [1.29, 1.82) is 0 Å². The van der Waals surface area contributed by atoms with Gasteiger partial charge in [-0.3, -0.25) is 4.57 Å². The summed E-state index contributed by atoms with van der Waals surface area (Å²) >= 11 is 1.72. The van der Waals surface area contributed by atoms with Gasteiger partial charge in [-0.1, -0.05) is 36.0 Å². The van der Waals surface area contributed by atoms with Crippen LogP contribution in [-0.2, 0) is 17.0 Å². The van der Waals surface area contributed by atoms with Crippen LogP contribution in [0.1, 0.15) is 29.7 Å². The fourth-order valence-corrected chi connectivity index (χ4v) is 4.31. The first-order chi connectivity index (χ1) is 12.7. The molecule has 0 bridgehead atoms. The van der Waals surface area contributed by atoms with Crippen LogP contribution in [0.4, 0.5) is 0 Å². The van der Waals surface area contributed by atoms with Gasteiger partial charge in [0.25, 0.3) is 0 Å². The van der Waals surface area contributed by atoms with E-state index in [1.807, 2.05) is 13.0 Å². The van der Waals surface area contributed by atoms with Gasteiger partial charge >= 0.3 is 0 Å². The smallest absolute Gasteiger partial charge is 0.191 e. The summed E-state index contributed by atoms with van der Waals surface area (Å²) in [5.41, 5.74) is 3.62. The highest BCUT2D eigenvalue weighted by Crippen LogP contribution is 2.30. The molecular weight excluding hydrogens is 346 g/mol. The summed E-state index contributed by atoms with van der Waals surface area (Å²) in [6.45, 7) is 5.73. The molecule has 2 aromatic heterocycles. The Labute approximate surface area is 157 Å². The fraction of sp³-hybridized carbons (Fsp3) is 0.400. The molecule has 1 unspecified atom stereocenters. The molecule has 1 aliphatic rings. The number of aryl methyl sites for hydroxylation is 2. The Hall–Kier alpha value is -2.05. The van der Waals surface area contributed by atoms with Gasteiger partial charge in [0.1, 0.15) is 5.76 Å². The van der Waals surface area contributed by atoms with E-state index < -0.39 is 0 Å². The van der Waals surface area contributed by atoms with Crippen molar-refractivity contribution in [3.8, 4) is 11.4 Å². The van der Waals surface area contributed by atoms with Crippen LogP contribution >= 0.6 is 11.8 Å². The largest absolute Gasteiger partial charge is 0.469 e. The molecule has 6 heteroatoms. The molecule has 0 N–H and O–H groups in total. The molecule has 1 fully saturated rings. The van der Waals surface area contributed by atoms with E-state index >= 15 is 0 Å². The normalized spacial score (nSPS) is 17.1. The maximum atomic E-state index is 5.86. The zero-order chi connectivity index (χ0) is 17.9. The number of thioether (sulfide) groups is 1. The molecule has 136 valence electrons. The molecule has 1 aromatic carbocycles. The van der Waals surface area contributed by atoms with Crippen molar-refractivity contribution in [1.82, 2.24) is 14.8 Å². The summed E-state index contributed by atoms with van der Waals surface area (Å²) in [7, 11) is 0. The van der Waals surface area contributed by atoms with Crippen molar-refractivity contribution in [3.05, 3.63) is 53.5 Å². The SMILES string of the molecule is Cc1ccccc1CSc1nnc(-c2ccoc2C)n1CC1CCCO1. The number of furan rings is 1. The molecule has 1 aliphatic heterocycles. The molecule has 5 nitrogen and oxygen atoms in total. The molecule has 4 rings (SSSR count). The van der Waals surface area contributed by atoms with E-state index in [4.69, 9.17) is 9.15 Å². The molecule has 3 aromatic rings. The number of rotatable bonds is 6. The highest BCUT2D eigenvalue weighted by atomic mass is 32.2. The summed E-state index contributed by atoms with van der Waals surface area (Å²) in [6, 6.07) is 10.4. The Kier molecular flexibility index (Phi) is 5.13. The van der Waals surface area contributed by atoms with Gasteiger partial charge in [-0.2, -0.15) is 0 Å². The monoisotopic (exact) mass is 369 g/mol. The molecule has 0 amide bonds. The van der Waals surface area contributed by atoms with Crippen LogP contribution in [0.2, 0.25) is 0 Å². The van der Waals surface area contributed by atoms with E-state index in [9.17, 15) is 0 Å². The first-order valence-electron chi connectivity index (χ1n) is 8.99. The highest BCUT2D eigenvalue weighted by Gasteiger charge is 2.23. The van der Waals surface area contributed by atoms with Crippen LogP contribution in [0.15, 0.2) is 46.2 Å². The van der Waals surface area contributed by atoms with Crippen LogP contribution in [-0.4, -0.2) is 27.5 Å². The first-order valence-corrected chi connectivity index (χ1v) is 9.97. The van der Waals surface area contributed by atoms with Crippen molar-refractivity contribution < 1.29 is 9.15 Å². The van der Waals surface area contributed by atoms with Gasteiger partial charge in [-0.25, -0.2) is 0 Å². The maximum Gasteiger partial charge on any atom is 0.191 e. The average molecular weight is 369 g/mol. The van der Waals surface area contributed by atoms with E-state index in [-0.39, 0.29) is 6.10 Å². The van der Waals surface area contributed by atoms with Crippen molar-refractivity contribution in [3.63, 3.8) is 0 Å². The van der Waals surface area contributed by atoms with Crippen molar-refractivity contribution in [2.24, 2.45) is 0 Å². The van der Waals surface area contributed by atoms with Crippen LogP contribution in [0.25, 0.3) is 11.4 Å². The van der Waals surface area contributed by atoms with E-state index in [1.54, 1.807) is 18.0 Å². The second-order valence-electron chi connectivity index (χ2n) is 6.66. The first kappa shape index (κ1) is 17.4. The standard InChI is InChI=1S/C20H23N3O2S/c1-14-6-3-4-7-16(14)13-26-20-22-21-19(18-9-11-24-15(18)2)23(20)12-17-8-5-10-25-17/h3-4,6-7,9,11,17H,5,8,10,12-13H2,1-2H3. The minimum Gasteiger partial charge on any atom is -0.469 e. The van der Waals surface area contributed by atoms with E-state index in [1.165, 1.54) is 11.1 Å². The molecule has 0 radical (unpaired) electrons. The summed E-state index contributed by atoms with van der Waals surface area (Å²) in [5, 5.41) is 9.88. The van der Waals surface area contributed by atoms with Gasteiger partial charge in [0.2, 0.25) is 0 Å². The van der Waals surface area contributed by atoms with Crippen LogP contribution in [0.3, 0.4) is 0 Å². The average Bonchev–Trinajstić information content (AvgIpc) is 3.37. The molecule has 26 heavy (non-hydrogen) atoms. The third-order valence-electron chi connectivity index (χ3n) is 4.84. The summed E-state index contributed by atoms with van der Waals surface area (Å²) in [4.78, 5) is 0. The quantitative estimate of drug-likeness (QED) is 0.593. The minimum atomic E-state index is 0.231. The van der Waals surface area contributed by atoms with Gasteiger partial charge in [0, 0.05) is 12.4 Å². The van der Waals surface area contributed by atoms with Gasteiger partial charge in [-0.15, -0.1) is 10.2 Å². The van der Waals surface area contributed by atoms with Crippen LogP contribution in [0.5, 0.6) is 0 Å². The lowest BCUT2D eigenvalue weighted by Crippen LogP contribution is -2.16. The molecule has 0 spiro atoms. The van der Waals surface area contributed by atoms with Crippen molar-refractivity contribution in [2.75, 3.05) is 6.61 Å². The molecule has 0 saturated carbocycles. The molecule has 1 atom stereocenters. The topological polar surface area (TPSA) is 53.1 Å². The second kappa shape index (κ2) is 7.68. The lowest BCUT2D eigenvalue weighted by molar-refractivity contribution is 0.0953. The predicted molar refractivity (Wildman–Crippen MR) is 102 cm³/mol. The van der Waals surface area contributed by atoms with Gasteiger partial charge < -0.3 is 9.15 Å². The lowest BCUT2D eigenvalue weighted by atomic mass is 10.1. The van der Waals surface area contributed by atoms with Gasteiger partial charge in [0.05, 0.1) is 24.5 Å². The number of aromatic nitrogens is 3. The number of hydrogen-bond acceptors (Lipinski definition) is 5. The van der Waals surface area contributed by atoms with Crippen molar-refractivity contribution in [2.45, 2.75) is 50.2 Å². The van der Waals surface area contributed by atoms with E-state index in [2.05, 4.69) is 46.0 Å². The van der Waals surface area contributed by atoms with E-state index in [0.29, 0.717) is 0 Å². The summed E-state index contributed by atoms with van der Waals surface area (Å²) < 4.78 is 13.5. The zero-order valence-electron chi connectivity index (χ0n) is 15.1. The Balaban J connectivity index is 1.62. The summed E-state index contributed by atoms with van der Waals surface area (Å²) in [5.74, 6) is 2.60. The number of ether oxygens (including phenoxy) is 1. The number of hydrogen-bond donors (Lipinski definition) is 0. The Morgan fingerprint density at radius 2 is 2.08 bits per heavy atom. The molecule has 1 saturated heterocycles. The van der Waals surface area contributed by atoms with E-state index in [0.717, 1.165) is 54.1 Å². The van der Waals surface area contributed by atoms with Crippen LogP contribution in [0, 0.1) is 13.8 Å². The zero-order valence-corrected chi connectivity index (χ0v) is 16.0.